The number of benzene rings is 1. The van der Waals surface area contributed by atoms with Crippen molar-refractivity contribution in [3.05, 3.63) is 23.8 Å². The zero-order chi connectivity index (χ0) is 16.7. The molecule has 2 amide bonds. The Kier molecular flexibility index (Phi) is 2.58. The number of piperidine rings is 2. The van der Waals surface area contributed by atoms with Crippen LogP contribution >= 0.6 is 0 Å². The van der Waals surface area contributed by atoms with Crippen molar-refractivity contribution in [1.29, 1.82) is 0 Å². The lowest BCUT2D eigenvalue weighted by molar-refractivity contribution is -0.150. The van der Waals surface area contributed by atoms with Gasteiger partial charge in [-0.1, -0.05) is 6.92 Å². The fraction of sp³-hybridized carbons (Fsp3) is 0.579. The molecule has 5 nitrogen and oxygen atoms in total. The number of hydrogen-bond acceptors (Lipinski definition) is 3. The van der Waals surface area contributed by atoms with E-state index in [-0.39, 0.29) is 28.9 Å². The number of fused-ring (bicyclic) bond motifs is 3. The lowest BCUT2D eigenvalue weighted by Gasteiger charge is -2.62. The van der Waals surface area contributed by atoms with Gasteiger partial charge in [-0.25, -0.2) is 0 Å². The summed E-state index contributed by atoms with van der Waals surface area (Å²) in [6.45, 7) is 2.94. The van der Waals surface area contributed by atoms with E-state index in [0.717, 1.165) is 43.5 Å². The molecule has 3 atom stereocenters. The number of anilines is 1. The van der Waals surface area contributed by atoms with Gasteiger partial charge in [0.05, 0.1) is 5.69 Å². The number of aromatic hydroxyl groups is 1. The molecule has 1 spiro atoms. The van der Waals surface area contributed by atoms with E-state index in [4.69, 9.17) is 0 Å². The van der Waals surface area contributed by atoms with Crippen molar-refractivity contribution >= 4 is 17.5 Å². The topological polar surface area (TPSA) is 60.9 Å². The first kappa shape index (κ1) is 14.3. The van der Waals surface area contributed by atoms with Crippen molar-refractivity contribution in [3.63, 3.8) is 0 Å². The van der Waals surface area contributed by atoms with Gasteiger partial charge in [-0.3, -0.25) is 14.5 Å². The van der Waals surface area contributed by atoms with E-state index in [1.807, 2.05) is 15.9 Å². The molecule has 1 N–H and O–H groups in total. The average Bonchev–Trinajstić information content (AvgIpc) is 3.02. The summed E-state index contributed by atoms with van der Waals surface area (Å²) < 4.78 is 0. The Labute approximate surface area is 141 Å². The highest BCUT2D eigenvalue weighted by Crippen LogP contribution is 2.68. The SMILES string of the molecule is CC[C@@]12CCCN3C(=O)C[C@H]4c5cc(O)ccc5N(C(=O)CC1)[C@]432. The van der Waals surface area contributed by atoms with Crippen LogP contribution in [0.2, 0.25) is 0 Å². The number of nitrogens with zero attached hydrogens (tertiary/aromatic N) is 2. The Morgan fingerprint density at radius 2 is 2.08 bits per heavy atom. The Morgan fingerprint density at radius 1 is 1.25 bits per heavy atom. The standard InChI is InChI=1S/C19H22N2O3/c1-2-18-7-3-9-20-17(24)11-14-13-10-12(22)4-5-15(13)21(19(14,18)20)16(23)6-8-18/h4-5,10,14,22H,2-3,6-9,11H2,1H3/t14-,18+,19-/m0/s1. The lowest BCUT2D eigenvalue weighted by Crippen LogP contribution is -2.73. The summed E-state index contributed by atoms with van der Waals surface area (Å²) in [4.78, 5) is 29.8. The van der Waals surface area contributed by atoms with Crippen molar-refractivity contribution in [2.75, 3.05) is 11.4 Å². The maximum atomic E-state index is 13.0. The summed E-state index contributed by atoms with van der Waals surface area (Å²) in [7, 11) is 0. The lowest BCUT2D eigenvalue weighted by atomic mass is 9.59. The predicted molar refractivity (Wildman–Crippen MR) is 88.6 cm³/mol. The molecule has 0 radical (unpaired) electrons. The number of carbonyl (C=O) groups excluding carboxylic acids is 2. The van der Waals surface area contributed by atoms with E-state index in [1.54, 1.807) is 12.1 Å². The molecule has 5 heteroatoms. The smallest absolute Gasteiger partial charge is 0.228 e. The van der Waals surface area contributed by atoms with Crippen molar-refractivity contribution in [3.8, 4) is 5.75 Å². The molecule has 0 aromatic heterocycles. The van der Waals surface area contributed by atoms with Crippen LogP contribution in [0, 0.1) is 5.41 Å². The summed E-state index contributed by atoms with van der Waals surface area (Å²) in [5, 5.41) is 10.0. The summed E-state index contributed by atoms with van der Waals surface area (Å²) in [5.74, 6) is 0.471. The maximum Gasteiger partial charge on any atom is 0.228 e. The third-order valence-corrected chi connectivity index (χ3v) is 7.11. The van der Waals surface area contributed by atoms with E-state index < -0.39 is 5.66 Å². The number of rotatable bonds is 1. The summed E-state index contributed by atoms with van der Waals surface area (Å²) in [6.07, 6.45) is 4.90. The van der Waals surface area contributed by atoms with E-state index in [1.165, 1.54) is 0 Å². The van der Waals surface area contributed by atoms with Crippen LogP contribution in [0.25, 0.3) is 0 Å². The fourth-order valence-corrected chi connectivity index (χ4v) is 6.27. The van der Waals surface area contributed by atoms with Crippen LogP contribution in [-0.4, -0.2) is 34.0 Å². The molecule has 4 aliphatic rings. The number of phenols is 1. The molecule has 3 fully saturated rings. The molecule has 1 aromatic carbocycles. The normalized spacial score (nSPS) is 36.6. The maximum absolute atomic E-state index is 13.0. The molecule has 4 aliphatic heterocycles. The molecular weight excluding hydrogens is 304 g/mol. The van der Waals surface area contributed by atoms with E-state index in [0.29, 0.717) is 12.8 Å². The molecule has 1 aromatic rings. The summed E-state index contributed by atoms with van der Waals surface area (Å²) >= 11 is 0. The van der Waals surface area contributed by atoms with Crippen LogP contribution in [0.5, 0.6) is 5.75 Å². The average molecular weight is 326 g/mol. The Hall–Kier alpha value is -2.04. The molecule has 0 unspecified atom stereocenters. The Balaban J connectivity index is 1.84. The quantitative estimate of drug-likeness (QED) is 0.863. The highest BCUT2D eigenvalue weighted by atomic mass is 16.3. The second-order valence-electron chi connectivity index (χ2n) is 7.74. The van der Waals surface area contributed by atoms with Gasteiger partial charge in [0.15, 0.2) is 0 Å². The van der Waals surface area contributed by atoms with Crippen molar-refractivity contribution in [2.24, 2.45) is 5.41 Å². The molecule has 24 heavy (non-hydrogen) atoms. The van der Waals surface area contributed by atoms with Crippen LogP contribution in [0.15, 0.2) is 18.2 Å². The van der Waals surface area contributed by atoms with E-state index in [2.05, 4.69) is 6.92 Å². The number of hydrogen-bond donors (Lipinski definition) is 1. The van der Waals surface area contributed by atoms with Crippen molar-refractivity contribution in [1.82, 2.24) is 4.90 Å². The van der Waals surface area contributed by atoms with Crippen LogP contribution in [-0.2, 0) is 9.59 Å². The zero-order valence-electron chi connectivity index (χ0n) is 13.9. The second kappa shape index (κ2) is 4.32. The van der Waals surface area contributed by atoms with Crippen LogP contribution in [0.4, 0.5) is 5.69 Å². The third-order valence-electron chi connectivity index (χ3n) is 7.11. The predicted octanol–water partition coefficient (Wildman–Crippen LogP) is 2.74. The van der Waals surface area contributed by atoms with Gasteiger partial charge in [0.1, 0.15) is 11.4 Å². The van der Waals surface area contributed by atoms with Crippen LogP contribution in [0.3, 0.4) is 0 Å². The minimum absolute atomic E-state index is 0.0170. The van der Waals surface area contributed by atoms with Crippen molar-refractivity contribution < 1.29 is 14.7 Å². The second-order valence-corrected chi connectivity index (χ2v) is 7.74. The molecule has 3 saturated heterocycles. The van der Waals surface area contributed by atoms with Crippen LogP contribution in [0.1, 0.15) is 56.9 Å². The van der Waals surface area contributed by atoms with Gasteiger partial charge in [0, 0.05) is 30.7 Å². The van der Waals surface area contributed by atoms with Gasteiger partial charge >= 0.3 is 0 Å². The highest BCUT2D eigenvalue weighted by Gasteiger charge is 2.73. The molecule has 0 bridgehead atoms. The van der Waals surface area contributed by atoms with E-state index >= 15 is 0 Å². The van der Waals surface area contributed by atoms with Crippen LogP contribution < -0.4 is 4.90 Å². The molecule has 0 aliphatic carbocycles. The molecule has 0 saturated carbocycles. The molecule has 126 valence electrons. The first-order valence-corrected chi connectivity index (χ1v) is 9.01. The summed E-state index contributed by atoms with van der Waals surface area (Å²) in [5.41, 5.74) is 1.30. The largest absolute Gasteiger partial charge is 0.508 e. The molecule has 4 heterocycles. The minimum atomic E-state index is -0.539. The van der Waals surface area contributed by atoms with Gasteiger partial charge in [-0.2, -0.15) is 0 Å². The number of phenolic OH excluding ortho intramolecular Hbond substituents is 1. The Bertz CT molecular complexity index is 776. The first-order chi connectivity index (χ1) is 11.5. The van der Waals surface area contributed by atoms with Gasteiger partial charge in [-0.15, -0.1) is 0 Å². The third kappa shape index (κ3) is 1.31. The highest BCUT2D eigenvalue weighted by molar-refractivity contribution is 6.02. The van der Waals surface area contributed by atoms with Gasteiger partial charge in [-0.05, 0) is 49.4 Å². The summed E-state index contributed by atoms with van der Waals surface area (Å²) in [6, 6.07) is 5.28. The minimum Gasteiger partial charge on any atom is -0.508 e. The Morgan fingerprint density at radius 3 is 2.88 bits per heavy atom. The monoisotopic (exact) mass is 326 g/mol. The van der Waals surface area contributed by atoms with Gasteiger partial charge in [0.2, 0.25) is 11.8 Å². The molecular formula is C19H22N2O3. The fourth-order valence-electron chi connectivity index (χ4n) is 6.27. The van der Waals surface area contributed by atoms with Gasteiger partial charge < -0.3 is 10.0 Å². The molecule has 5 rings (SSSR count). The van der Waals surface area contributed by atoms with Crippen molar-refractivity contribution in [2.45, 2.75) is 57.0 Å². The number of amides is 2. The van der Waals surface area contributed by atoms with Gasteiger partial charge in [0.25, 0.3) is 0 Å². The zero-order valence-corrected chi connectivity index (χ0v) is 13.9. The van der Waals surface area contributed by atoms with E-state index in [9.17, 15) is 14.7 Å². The first-order valence-electron chi connectivity index (χ1n) is 9.01. The number of carbonyl (C=O) groups is 2.